The van der Waals surface area contributed by atoms with Gasteiger partial charge < -0.3 is 10.6 Å². The van der Waals surface area contributed by atoms with Crippen molar-refractivity contribution >= 4 is 17.3 Å². The van der Waals surface area contributed by atoms with Gasteiger partial charge in [-0.25, -0.2) is 0 Å². The fourth-order valence-electron chi connectivity index (χ4n) is 3.27. The van der Waals surface area contributed by atoms with Crippen molar-refractivity contribution in [1.29, 1.82) is 0 Å². The highest BCUT2D eigenvalue weighted by atomic mass is 35.5. The molecular weight excluding hydrogens is 256 g/mol. The molecule has 0 amide bonds. The van der Waals surface area contributed by atoms with E-state index in [4.69, 9.17) is 17.3 Å². The van der Waals surface area contributed by atoms with E-state index in [1.165, 1.54) is 17.7 Å². The number of rotatable bonds is 3. The second-order valence-corrected chi connectivity index (χ2v) is 6.69. The van der Waals surface area contributed by atoms with E-state index >= 15 is 0 Å². The largest absolute Gasteiger partial charge is 0.370 e. The van der Waals surface area contributed by atoms with Gasteiger partial charge in [0.15, 0.2) is 0 Å². The Kier molecular flexibility index (Phi) is 4.75. The molecule has 0 aliphatic carbocycles. The first-order valence-corrected chi connectivity index (χ1v) is 7.63. The Morgan fingerprint density at radius 3 is 2.53 bits per heavy atom. The molecule has 3 atom stereocenters. The van der Waals surface area contributed by atoms with Gasteiger partial charge in [-0.2, -0.15) is 0 Å². The van der Waals surface area contributed by atoms with Gasteiger partial charge in [-0.15, -0.1) is 0 Å². The molecule has 0 spiro atoms. The molecule has 0 radical (unpaired) electrons. The first-order valence-electron chi connectivity index (χ1n) is 7.25. The van der Waals surface area contributed by atoms with Gasteiger partial charge in [0.05, 0.1) is 10.7 Å². The summed E-state index contributed by atoms with van der Waals surface area (Å²) >= 11 is 6.46. The number of halogens is 1. The lowest BCUT2D eigenvalue weighted by Crippen LogP contribution is -2.39. The Hall–Kier alpha value is -0.730. The molecule has 3 heteroatoms. The predicted octanol–water partition coefficient (Wildman–Crippen LogP) is 3.71. The van der Waals surface area contributed by atoms with E-state index in [2.05, 4.69) is 24.8 Å². The smallest absolute Gasteiger partial charge is 0.0642 e. The van der Waals surface area contributed by atoms with Crippen LogP contribution in [0.25, 0.3) is 0 Å². The van der Waals surface area contributed by atoms with Gasteiger partial charge in [-0.05, 0) is 43.2 Å². The van der Waals surface area contributed by atoms with Crippen LogP contribution >= 0.6 is 11.6 Å². The summed E-state index contributed by atoms with van der Waals surface area (Å²) in [6, 6.07) is 6.34. The Bertz CT molecular complexity index is 421. The molecular formula is C16H25ClN2. The summed E-state index contributed by atoms with van der Waals surface area (Å²) < 4.78 is 0. The Balaban J connectivity index is 2.31. The van der Waals surface area contributed by atoms with Crippen LogP contribution in [0, 0.1) is 11.8 Å². The molecule has 19 heavy (non-hydrogen) atoms. The first kappa shape index (κ1) is 14.7. The monoisotopic (exact) mass is 280 g/mol. The van der Waals surface area contributed by atoms with E-state index in [0.29, 0.717) is 0 Å². The summed E-state index contributed by atoms with van der Waals surface area (Å²) in [4.78, 5) is 2.46. The molecule has 1 aromatic carbocycles. The summed E-state index contributed by atoms with van der Waals surface area (Å²) in [6.07, 6.45) is 2.19. The number of nitrogens with two attached hydrogens (primary N) is 1. The van der Waals surface area contributed by atoms with Gasteiger partial charge in [-0.1, -0.05) is 37.6 Å². The Labute approximate surface area is 121 Å². The maximum Gasteiger partial charge on any atom is 0.0642 e. The number of para-hydroxylation sites is 1. The Morgan fingerprint density at radius 2 is 1.95 bits per heavy atom. The number of anilines is 1. The summed E-state index contributed by atoms with van der Waals surface area (Å²) in [7, 11) is 0. The quantitative estimate of drug-likeness (QED) is 0.914. The molecule has 1 saturated heterocycles. The van der Waals surface area contributed by atoms with E-state index in [-0.39, 0.29) is 6.04 Å². The third-order valence-electron chi connectivity index (χ3n) is 3.80. The van der Waals surface area contributed by atoms with Crippen LogP contribution in [0.3, 0.4) is 0 Å². The topological polar surface area (TPSA) is 29.3 Å². The van der Waals surface area contributed by atoms with Crippen molar-refractivity contribution in [3.63, 3.8) is 0 Å². The number of hydrogen-bond donors (Lipinski definition) is 1. The van der Waals surface area contributed by atoms with Gasteiger partial charge in [0.25, 0.3) is 0 Å². The van der Waals surface area contributed by atoms with Crippen LogP contribution in [-0.4, -0.2) is 19.1 Å². The normalized spacial score (nSPS) is 25.4. The van der Waals surface area contributed by atoms with E-state index in [0.717, 1.165) is 36.4 Å². The highest BCUT2D eigenvalue weighted by Crippen LogP contribution is 2.34. The lowest BCUT2D eigenvalue weighted by molar-refractivity contribution is 0.356. The average molecular weight is 281 g/mol. The minimum atomic E-state index is 0.164. The fraction of sp³-hybridized carbons (Fsp3) is 0.625. The molecule has 106 valence electrons. The lowest BCUT2D eigenvalue weighted by atomic mass is 9.90. The maximum absolute atomic E-state index is 6.46. The fourth-order valence-corrected chi connectivity index (χ4v) is 3.58. The lowest BCUT2D eigenvalue weighted by Gasteiger charge is -2.38. The zero-order chi connectivity index (χ0) is 14.0. The van der Waals surface area contributed by atoms with Crippen LogP contribution in [-0.2, 0) is 6.42 Å². The van der Waals surface area contributed by atoms with Crippen LogP contribution in [0.4, 0.5) is 5.69 Å². The van der Waals surface area contributed by atoms with Crippen LogP contribution in [0.5, 0.6) is 0 Å². The predicted molar refractivity (Wildman–Crippen MR) is 84.0 cm³/mol. The number of benzene rings is 1. The van der Waals surface area contributed by atoms with Crippen LogP contribution < -0.4 is 10.6 Å². The minimum Gasteiger partial charge on any atom is -0.370 e. The molecule has 1 heterocycles. The van der Waals surface area contributed by atoms with Gasteiger partial charge in [0.2, 0.25) is 0 Å². The van der Waals surface area contributed by atoms with E-state index in [1.807, 2.05) is 19.1 Å². The van der Waals surface area contributed by atoms with E-state index in [9.17, 15) is 0 Å². The molecule has 1 aliphatic heterocycles. The van der Waals surface area contributed by atoms with Gasteiger partial charge in [-0.3, -0.25) is 0 Å². The van der Waals surface area contributed by atoms with Gasteiger partial charge in [0.1, 0.15) is 0 Å². The van der Waals surface area contributed by atoms with Crippen molar-refractivity contribution in [1.82, 2.24) is 0 Å². The molecule has 2 rings (SSSR count). The summed E-state index contributed by atoms with van der Waals surface area (Å²) in [5.41, 5.74) is 8.46. The minimum absolute atomic E-state index is 0.164. The maximum atomic E-state index is 6.46. The molecule has 1 fully saturated rings. The molecule has 3 unspecified atom stereocenters. The number of piperidine rings is 1. The van der Waals surface area contributed by atoms with Crippen molar-refractivity contribution in [2.24, 2.45) is 17.6 Å². The highest BCUT2D eigenvalue weighted by Gasteiger charge is 2.25. The standard InChI is InChI=1S/C16H25ClN2/c1-11-7-12(2)10-19(9-11)16-14(8-13(3)18)5-4-6-15(16)17/h4-6,11-13H,7-10,18H2,1-3H3. The second kappa shape index (κ2) is 6.15. The summed E-state index contributed by atoms with van der Waals surface area (Å²) in [6.45, 7) is 8.89. The first-order chi connectivity index (χ1) is 8.97. The van der Waals surface area contributed by atoms with Crippen LogP contribution in [0.1, 0.15) is 32.8 Å². The molecule has 0 saturated carbocycles. The third kappa shape index (κ3) is 3.64. The van der Waals surface area contributed by atoms with Crippen molar-refractivity contribution in [3.8, 4) is 0 Å². The molecule has 1 aliphatic rings. The van der Waals surface area contributed by atoms with Crippen molar-refractivity contribution in [3.05, 3.63) is 28.8 Å². The Morgan fingerprint density at radius 1 is 1.32 bits per heavy atom. The van der Waals surface area contributed by atoms with Crippen molar-refractivity contribution < 1.29 is 0 Å². The molecule has 0 aromatic heterocycles. The van der Waals surface area contributed by atoms with Crippen LogP contribution in [0.15, 0.2) is 18.2 Å². The number of hydrogen-bond acceptors (Lipinski definition) is 2. The molecule has 1 aromatic rings. The molecule has 2 nitrogen and oxygen atoms in total. The summed E-state index contributed by atoms with van der Waals surface area (Å²) in [5, 5.41) is 0.861. The zero-order valence-electron chi connectivity index (χ0n) is 12.2. The van der Waals surface area contributed by atoms with Gasteiger partial charge in [0, 0.05) is 19.1 Å². The van der Waals surface area contributed by atoms with E-state index in [1.54, 1.807) is 0 Å². The molecule has 2 N–H and O–H groups in total. The van der Waals surface area contributed by atoms with Crippen molar-refractivity contribution in [2.75, 3.05) is 18.0 Å². The van der Waals surface area contributed by atoms with E-state index < -0.39 is 0 Å². The highest BCUT2D eigenvalue weighted by molar-refractivity contribution is 6.33. The number of nitrogens with zero attached hydrogens (tertiary/aromatic N) is 1. The van der Waals surface area contributed by atoms with Gasteiger partial charge >= 0.3 is 0 Å². The van der Waals surface area contributed by atoms with Crippen LogP contribution in [0.2, 0.25) is 5.02 Å². The SMILES string of the molecule is CC(N)Cc1cccc(Cl)c1N1CC(C)CC(C)C1. The van der Waals surface area contributed by atoms with Crippen molar-refractivity contribution in [2.45, 2.75) is 39.7 Å². The second-order valence-electron chi connectivity index (χ2n) is 6.28. The molecule has 0 bridgehead atoms. The zero-order valence-corrected chi connectivity index (χ0v) is 13.0. The average Bonchev–Trinajstić information content (AvgIpc) is 2.26. The summed E-state index contributed by atoms with van der Waals surface area (Å²) in [5.74, 6) is 1.45. The third-order valence-corrected chi connectivity index (χ3v) is 4.10.